The molecule has 2 aromatic rings. The van der Waals surface area contributed by atoms with Gasteiger partial charge in [0.05, 0.1) is 4.92 Å². The fourth-order valence-electron chi connectivity index (χ4n) is 3.48. The molecule has 10 heteroatoms. The molecular weight excluding hydrogens is 388 g/mol. The molecule has 1 aliphatic carbocycles. The maximum atomic E-state index is 11.3. The van der Waals surface area contributed by atoms with E-state index in [9.17, 15) is 19.7 Å². The Labute approximate surface area is 173 Å². The average molecular weight is 412 g/mol. The van der Waals surface area contributed by atoms with Crippen LogP contribution in [0.25, 0.3) is 0 Å². The molecule has 0 aliphatic heterocycles. The summed E-state index contributed by atoms with van der Waals surface area (Å²) in [5.74, 6) is 0.784. The van der Waals surface area contributed by atoms with Gasteiger partial charge >= 0.3 is 5.69 Å². The smallest absolute Gasteiger partial charge is 0.329 e. The van der Waals surface area contributed by atoms with Crippen molar-refractivity contribution in [3.8, 4) is 0 Å². The fourth-order valence-corrected chi connectivity index (χ4v) is 3.48. The van der Waals surface area contributed by atoms with Gasteiger partial charge in [0.1, 0.15) is 6.20 Å². The predicted molar refractivity (Wildman–Crippen MR) is 112 cm³/mol. The Balaban J connectivity index is 1.68. The second kappa shape index (κ2) is 9.88. The molecule has 3 rings (SSSR count). The number of rotatable bonds is 9. The van der Waals surface area contributed by atoms with Gasteiger partial charge in [-0.05, 0) is 43.2 Å². The van der Waals surface area contributed by atoms with Gasteiger partial charge in [0.2, 0.25) is 11.8 Å². The predicted octanol–water partition coefficient (Wildman–Crippen LogP) is 2.55. The Morgan fingerprint density at radius 1 is 1.13 bits per heavy atom. The van der Waals surface area contributed by atoms with Crippen LogP contribution in [0, 0.1) is 16.0 Å². The van der Waals surface area contributed by atoms with Crippen molar-refractivity contribution in [2.24, 2.45) is 11.7 Å². The number of carbonyl (C=O) groups excluding carboxylic acids is 2. The van der Waals surface area contributed by atoms with E-state index >= 15 is 0 Å². The number of nitro groups is 1. The first-order valence-corrected chi connectivity index (χ1v) is 9.78. The van der Waals surface area contributed by atoms with E-state index in [0.29, 0.717) is 36.2 Å². The number of nitrogens with zero attached hydrogens (tertiary/aromatic N) is 3. The van der Waals surface area contributed by atoms with E-state index in [1.54, 1.807) is 18.2 Å². The Kier molecular flexibility index (Phi) is 7.02. The molecule has 1 saturated carbocycles. The minimum absolute atomic E-state index is 0.164. The molecule has 158 valence electrons. The Bertz CT molecular complexity index is 928. The zero-order chi connectivity index (χ0) is 21.5. The number of nitrogens with two attached hydrogens (primary N) is 1. The number of anilines is 2. The van der Waals surface area contributed by atoms with E-state index in [4.69, 9.17) is 5.73 Å². The largest absolute Gasteiger partial charge is 0.364 e. The van der Waals surface area contributed by atoms with Gasteiger partial charge in [0.25, 0.3) is 0 Å². The van der Waals surface area contributed by atoms with Crippen LogP contribution >= 0.6 is 0 Å². The summed E-state index contributed by atoms with van der Waals surface area (Å²) in [7, 11) is 0. The van der Waals surface area contributed by atoms with Crippen LogP contribution in [0.1, 0.15) is 52.0 Å². The lowest BCUT2D eigenvalue weighted by molar-refractivity contribution is -0.384. The lowest BCUT2D eigenvalue weighted by atomic mass is 9.86. The number of aldehydes is 2. The first-order chi connectivity index (χ1) is 14.5. The molecule has 10 nitrogen and oxygen atoms in total. The molecule has 0 saturated heterocycles. The van der Waals surface area contributed by atoms with Crippen LogP contribution in [-0.4, -0.2) is 40.1 Å². The summed E-state index contributed by atoms with van der Waals surface area (Å²) in [6, 6.07) is 5.11. The Morgan fingerprint density at radius 3 is 2.53 bits per heavy atom. The Morgan fingerprint density at radius 2 is 1.87 bits per heavy atom. The van der Waals surface area contributed by atoms with Gasteiger partial charge in [0.15, 0.2) is 12.6 Å². The summed E-state index contributed by atoms with van der Waals surface area (Å²) in [5, 5.41) is 17.4. The van der Waals surface area contributed by atoms with Crippen LogP contribution in [0.5, 0.6) is 0 Å². The van der Waals surface area contributed by atoms with E-state index < -0.39 is 4.92 Å². The van der Waals surface area contributed by atoms with Crippen molar-refractivity contribution < 1.29 is 14.5 Å². The molecule has 1 aromatic heterocycles. The highest BCUT2D eigenvalue weighted by Crippen LogP contribution is 2.26. The van der Waals surface area contributed by atoms with Gasteiger partial charge in [-0.2, -0.15) is 4.98 Å². The zero-order valence-corrected chi connectivity index (χ0v) is 16.4. The van der Waals surface area contributed by atoms with Gasteiger partial charge in [0, 0.05) is 30.3 Å². The minimum atomic E-state index is -0.516. The van der Waals surface area contributed by atoms with Crippen LogP contribution in [0.3, 0.4) is 0 Å². The molecule has 1 aromatic carbocycles. The highest BCUT2D eigenvalue weighted by Gasteiger charge is 2.21. The van der Waals surface area contributed by atoms with Crippen LogP contribution in [0.2, 0.25) is 0 Å². The fraction of sp³-hybridized carbons (Fsp3) is 0.400. The minimum Gasteiger partial charge on any atom is -0.364 e. The summed E-state index contributed by atoms with van der Waals surface area (Å²) >= 11 is 0. The molecule has 1 fully saturated rings. The summed E-state index contributed by atoms with van der Waals surface area (Å²) in [5.41, 5.74) is 7.10. The number of hydrogen-bond acceptors (Lipinski definition) is 9. The molecule has 0 atom stereocenters. The summed E-state index contributed by atoms with van der Waals surface area (Å²) in [4.78, 5) is 41.1. The van der Waals surface area contributed by atoms with Gasteiger partial charge in [-0.3, -0.25) is 19.7 Å². The average Bonchev–Trinajstić information content (AvgIpc) is 2.76. The third-order valence-corrected chi connectivity index (χ3v) is 5.27. The van der Waals surface area contributed by atoms with Crippen molar-refractivity contribution in [1.29, 1.82) is 0 Å². The van der Waals surface area contributed by atoms with E-state index in [-0.39, 0.29) is 30.0 Å². The molecule has 0 unspecified atom stereocenters. The Hall–Kier alpha value is -3.40. The normalized spacial score (nSPS) is 18.4. The van der Waals surface area contributed by atoms with Crippen molar-refractivity contribution in [2.45, 2.75) is 38.3 Å². The second-order valence-electron chi connectivity index (χ2n) is 7.40. The van der Waals surface area contributed by atoms with E-state index in [0.717, 1.165) is 31.2 Å². The van der Waals surface area contributed by atoms with Gasteiger partial charge in [-0.1, -0.05) is 12.1 Å². The van der Waals surface area contributed by atoms with Crippen LogP contribution in [0.4, 0.5) is 17.5 Å². The lowest BCUT2D eigenvalue weighted by Crippen LogP contribution is -2.29. The number of aromatic nitrogens is 2. The van der Waals surface area contributed by atoms with Crippen molar-refractivity contribution in [2.75, 3.05) is 17.2 Å². The molecular formula is C20H24N6O4. The highest BCUT2D eigenvalue weighted by atomic mass is 16.6. The molecule has 4 N–H and O–H groups in total. The SMILES string of the molecule is N[C@H]1CC[C@H](CNc2nc(NCc3ccc(C=O)c(C=O)c3)ncc2[N+](=O)[O-])CC1. The quantitative estimate of drug-likeness (QED) is 0.320. The van der Waals surface area contributed by atoms with E-state index in [1.165, 1.54) is 6.20 Å². The van der Waals surface area contributed by atoms with Crippen molar-refractivity contribution in [3.05, 3.63) is 51.2 Å². The standard InChI is InChI=1S/C20H24N6O4/c21-17-5-2-13(3-6-17)8-22-19-18(26(29)30)10-24-20(25-19)23-9-14-1-4-15(11-27)16(7-14)12-28/h1,4,7,10-13,17H,2-3,5-6,8-9,21H2,(H2,22,23,24,25)/t13-,17-. The van der Waals surface area contributed by atoms with Gasteiger partial charge < -0.3 is 16.4 Å². The first kappa shape index (κ1) is 21.3. The molecule has 0 amide bonds. The van der Waals surface area contributed by atoms with Crippen LogP contribution < -0.4 is 16.4 Å². The van der Waals surface area contributed by atoms with Gasteiger partial charge in [-0.15, -0.1) is 0 Å². The summed E-state index contributed by atoms with van der Waals surface area (Å²) in [6.45, 7) is 0.873. The van der Waals surface area contributed by atoms with Crippen LogP contribution in [0.15, 0.2) is 24.4 Å². The van der Waals surface area contributed by atoms with Crippen molar-refractivity contribution in [1.82, 2.24) is 9.97 Å². The molecule has 0 spiro atoms. The van der Waals surface area contributed by atoms with Crippen molar-refractivity contribution in [3.63, 3.8) is 0 Å². The first-order valence-electron chi connectivity index (χ1n) is 9.78. The third-order valence-electron chi connectivity index (χ3n) is 5.27. The third kappa shape index (κ3) is 5.35. The van der Waals surface area contributed by atoms with Crippen molar-refractivity contribution >= 4 is 30.0 Å². The number of nitrogens with one attached hydrogen (secondary N) is 2. The zero-order valence-electron chi connectivity index (χ0n) is 16.4. The molecule has 0 bridgehead atoms. The molecule has 1 heterocycles. The number of hydrogen-bond donors (Lipinski definition) is 3. The monoisotopic (exact) mass is 412 g/mol. The molecule has 0 radical (unpaired) electrons. The molecule has 1 aliphatic rings. The van der Waals surface area contributed by atoms with Crippen LogP contribution in [-0.2, 0) is 6.54 Å². The topological polar surface area (TPSA) is 153 Å². The lowest BCUT2D eigenvalue weighted by Gasteiger charge is -2.26. The highest BCUT2D eigenvalue weighted by molar-refractivity contribution is 5.90. The number of benzene rings is 1. The van der Waals surface area contributed by atoms with Gasteiger partial charge in [-0.25, -0.2) is 4.98 Å². The van der Waals surface area contributed by atoms with E-state index in [1.807, 2.05) is 0 Å². The maximum absolute atomic E-state index is 11.3. The number of carbonyl (C=O) groups is 2. The second-order valence-corrected chi connectivity index (χ2v) is 7.40. The molecule has 30 heavy (non-hydrogen) atoms. The maximum Gasteiger partial charge on any atom is 0.329 e. The summed E-state index contributed by atoms with van der Waals surface area (Å²) in [6.07, 6.45) is 6.28. The van der Waals surface area contributed by atoms with E-state index in [2.05, 4.69) is 20.6 Å². The summed E-state index contributed by atoms with van der Waals surface area (Å²) < 4.78 is 0.